The van der Waals surface area contributed by atoms with Crippen molar-refractivity contribution >= 4 is 23.3 Å². The number of nitrogens with zero attached hydrogens (tertiary/aromatic N) is 4. The van der Waals surface area contributed by atoms with Crippen LogP contribution < -0.4 is 14.4 Å². The molecule has 5 rings (SSSR count). The topological polar surface area (TPSA) is 67.8 Å². The lowest BCUT2D eigenvalue weighted by Gasteiger charge is -2.35. The molecule has 0 saturated carbocycles. The molecule has 31 heavy (non-hydrogen) atoms. The fourth-order valence-corrected chi connectivity index (χ4v) is 4.01. The molecule has 0 unspecified atom stereocenters. The Balaban J connectivity index is 1.20. The minimum Gasteiger partial charge on any atom is -0.454 e. The largest absolute Gasteiger partial charge is 0.454 e. The highest BCUT2D eigenvalue weighted by Crippen LogP contribution is 2.35. The average molecular weight is 437 g/mol. The van der Waals surface area contributed by atoms with Crippen molar-refractivity contribution < 1.29 is 14.3 Å². The van der Waals surface area contributed by atoms with Gasteiger partial charge >= 0.3 is 0 Å². The van der Waals surface area contributed by atoms with Gasteiger partial charge < -0.3 is 19.3 Å². The van der Waals surface area contributed by atoms with E-state index in [1.54, 1.807) is 0 Å². The molecule has 8 heteroatoms. The molecule has 1 amide bonds. The summed E-state index contributed by atoms with van der Waals surface area (Å²) in [5, 5.41) is 9.42. The first-order valence-electron chi connectivity index (χ1n) is 10.2. The molecule has 0 atom stereocenters. The zero-order valence-electron chi connectivity index (χ0n) is 16.8. The SMILES string of the molecule is O=C(Cc1ccccc1Cl)N1CCN(c2ccc(-c3ccc4c(c3)OCO4)nn2)CC1. The molecular weight excluding hydrogens is 416 g/mol. The van der Waals surface area contributed by atoms with Crippen LogP contribution in [0.4, 0.5) is 5.82 Å². The zero-order chi connectivity index (χ0) is 21.2. The molecule has 3 aromatic rings. The first kappa shape index (κ1) is 19.6. The third kappa shape index (κ3) is 4.14. The summed E-state index contributed by atoms with van der Waals surface area (Å²) in [5.41, 5.74) is 2.57. The van der Waals surface area contributed by atoms with Crippen molar-refractivity contribution in [3.63, 3.8) is 0 Å². The van der Waals surface area contributed by atoms with Crippen LogP contribution in [0.3, 0.4) is 0 Å². The summed E-state index contributed by atoms with van der Waals surface area (Å²) in [7, 11) is 0. The van der Waals surface area contributed by atoms with Gasteiger partial charge in [-0.05, 0) is 42.0 Å². The molecule has 0 bridgehead atoms. The molecule has 158 valence electrons. The average Bonchev–Trinajstić information content (AvgIpc) is 3.29. The number of ether oxygens (including phenoxy) is 2. The van der Waals surface area contributed by atoms with Crippen LogP contribution in [0.1, 0.15) is 5.56 Å². The lowest BCUT2D eigenvalue weighted by molar-refractivity contribution is -0.130. The Morgan fingerprint density at radius 2 is 1.74 bits per heavy atom. The molecule has 1 aromatic heterocycles. The number of hydrogen-bond donors (Lipinski definition) is 0. The minimum absolute atomic E-state index is 0.0944. The van der Waals surface area contributed by atoms with E-state index in [1.165, 1.54) is 0 Å². The maximum atomic E-state index is 12.6. The van der Waals surface area contributed by atoms with Crippen molar-refractivity contribution in [1.82, 2.24) is 15.1 Å². The second-order valence-corrected chi connectivity index (χ2v) is 7.89. The summed E-state index contributed by atoms with van der Waals surface area (Å²) in [5.74, 6) is 2.37. The van der Waals surface area contributed by atoms with Gasteiger partial charge in [0.1, 0.15) is 0 Å². The van der Waals surface area contributed by atoms with Crippen molar-refractivity contribution in [3.05, 3.63) is 65.2 Å². The number of carbonyl (C=O) groups excluding carboxylic acids is 1. The number of anilines is 1. The molecule has 1 fully saturated rings. The van der Waals surface area contributed by atoms with Crippen LogP contribution >= 0.6 is 11.6 Å². The van der Waals surface area contributed by atoms with Crippen molar-refractivity contribution in [2.45, 2.75) is 6.42 Å². The summed E-state index contributed by atoms with van der Waals surface area (Å²) < 4.78 is 10.8. The second kappa shape index (κ2) is 8.43. The summed E-state index contributed by atoms with van der Waals surface area (Å²) in [6.45, 7) is 2.97. The van der Waals surface area contributed by atoms with Crippen LogP contribution in [-0.4, -0.2) is 54.0 Å². The summed E-state index contributed by atoms with van der Waals surface area (Å²) in [4.78, 5) is 16.7. The van der Waals surface area contributed by atoms with Crippen molar-refractivity contribution in [3.8, 4) is 22.8 Å². The fraction of sp³-hybridized carbons (Fsp3) is 0.261. The van der Waals surface area contributed by atoms with Crippen molar-refractivity contribution in [1.29, 1.82) is 0 Å². The lowest BCUT2D eigenvalue weighted by atomic mass is 10.1. The van der Waals surface area contributed by atoms with Crippen LogP contribution in [0, 0.1) is 0 Å². The Morgan fingerprint density at radius 3 is 2.52 bits per heavy atom. The van der Waals surface area contributed by atoms with E-state index in [-0.39, 0.29) is 12.7 Å². The molecule has 3 heterocycles. The van der Waals surface area contributed by atoms with Gasteiger partial charge in [0, 0.05) is 36.8 Å². The number of aromatic nitrogens is 2. The molecule has 2 aliphatic heterocycles. The Labute approximate surface area is 185 Å². The Hall–Kier alpha value is -3.32. The van der Waals surface area contributed by atoms with Gasteiger partial charge in [0.05, 0.1) is 12.1 Å². The third-order valence-corrected chi connectivity index (χ3v) is 5.94. The van der Waals surface area contributed by atoms with E-state index in [0.717, 1.165) is 34.1 Å². The van der Waals surface area contributed by atoms with Crippen LogP contribution in [0.15, 0.2) is 54.6 Å². The normalized spacial score (nSPS) is 15.3. The van der Waals surface area contributed by atoms with Crippen LogP contribution in [0.25, 0.3) is 11.3 Å². The smallest absolute Gasteiger partial charge is 0.231 e. The second-order valence-electron chi connectivity index (χ2n) is 7.48. The van der Waals surface area contributed by atoms with E-state index in [1.807, 2.05) is 59.5 Å². The van der Waals surface area contributed by atoms with E-state index in [0.29, 0.717) is 37.6 Å². The number of piperazine rings is 1. The highest BCUT2D eigenvalue weighted by molar-refractivity contribution is 6.31. The number of benzene rings is 2. The molecule has 1 saturated heterocycles. The summed E-state index contributed by atoms with van der Waals surface area (Å²) >= 11 is 6.19. The monoisotopic (exact) mass is 436 g/mol. The predicted octanol–water partition coefficient (Wildman–Crippen LogP) is 3.42. The van der Waals surface area contributed by atoms with Crippen LogP contribution in [0.2, 0.25) is 5.02 Å². The van der Waals surface area contributed by atoms with Crippen molar-refractivity contribution in [2.75, 3.05) is 37.9 Å². The standard InChI is InChI=1S/C23H21ClN4O3/c24-18-4-2-1-3-16(18)14-23(29)28-11-9-27(10-12-28)22-8-6-19(25-26-22)17-5-7-20-21(13-17)31-15-30-20/h1-8,13H,9-12,14-15H2. The van der Waals surface area contributed by atoms with Gasteiger partial charge in [-0.1, -0.05) is 29.8 Å². The van der Waals surface area contributed by atoms with Crippen LogP contribution in [0.5, 0.6) is 11.5 Å². The highest BCUT2D eigenvalue weighted by atomic mass is 35.5. The predicted molar refractivity (Wildman–Crippen MR) is 118 cm³/mol. The zero-order valence-corrected chi connectivity index (χ0v) is 17.6. The molecular formula is C23H21ClN4O3. The fourth-order valence-electron chi connectivity index (χ4n) is 3.81. The first-order chi connectivity index (χ1) is 15.2. The molecule has 0 N–H and O–H groups in total. The van der Waals surface area contributed by atoms with Gasteiger partial charge in [-0.2, -0.15) is 0 Å². The number of rotatable bonds is 4. The Bertz CT molecular complexity index is 1100. The Morgan fingerprint density at radius 1 is 0.935 bits per heavy atom. The highest BCUT2D eigenvalue weighted by Gasteiger charge is 2.23. The van der Waals surface area contributed by atoms with E-state index in [2.05, 4.69) is 15.1 Å². The van der Waals surface area contributed by atoms with Crippen LogP contribution in [-0.2, 0) is 11.2 Å². The quantitative estimate of drug-likeness (QED) is 0.624. The van der Waals surface area contributed by atoms with Gasteiger partial charge in [-0.25, -0.2) is 0 Å². The van der Waals surface area contributed by atoms with Crippen molar-refractivity contribution in [2.24, 2.45) is 0 Å². The van der Waals surface area contributed by atoms with E-state index < -0.39 is 0 Å². The summed E-state index contributed by atoms with van der Waals surface area (Å²) in [6.07, 6.45) is 0.323. The number of halogens is 1. The van der Waals surface area contributed by atoms with Gasteiger partial charge in [-0.15, -0.1) is 10.2 Å². The lowest BCUT2D eigenvalue weighted by Crippen LogP contribution is -2.49. The van der Waals surface area contributed by atoms with Gasteiger partial charge in [0.2, 0.25) is 12.7 Å². The molecule has 0 aliphatic carbocycles. The maximum Gasteiger partial charge on any atom is 0.231 e. The van der Waals surface area contributed by atoms with Gasteiger partial charge in [-0.3, -0.25) is 4.79 Å². The number of carbonyl (C=O) groups is 1. The Kier molecular flexibility index (Phi) is 5.34. The maximum absolute atomic E-state index is 12.6. The van der Waals surface area contributed by atoms with Gasteiger partial charge in [0.15, 0.2) is 17.3 Å². The molecule has 0 spiro atoms. The van der Waals surface area contributed by atoms with E-state index in [9.17, 15) is 4.79 Å². The number of fused-ring (bicyclic) bond motifs is 1. The van der Waals surface area contributed by atoms with Gasteiger partial charge in [0.25, 0.3) is 0 Å². The molecule has 0 radical (unpaired) electrons. The first-order valence-corrected chi connectivity index (χ1v) is 10.5. The molecule has 2 aromatic carbocycles. The number of amides is 1. The van der Waals surface area contributed by atoms with E-state index in [4.69, 9.17) is 21.1 Å². The molecule has 2 aliphatic rings. The minimum atomic E-state index is 0.0944. The number of hydrogen-bond acceptors (Lipinski definition) is 6. The molecule has 7 nitrogen and oxygen atoms in total. The van der Waals surface area contributed by atoms with E-state index >= 15 is 0 Å². The third-order valence-electron chi connectivity index (χ3n) is 5.57. The summed E-state index contributed by atoms with van der Waals surface area (Å²) in [6, 6.07) is 17.1.